The van der Waals surface area contributed by atoms with Crippen molar-refractivity contribution < 1.29 is 8.42 Å². The summed E-state index contributed by atoms with van der Waals surface area (Å²) in [5.41, 5.74) is -0.263. The van der Waals surface area contributed by atoms with Crippen molar-refractivity contribution in [2.75, 3.05) is 12.4 Å². The molecule has 0 unspecified atom stereocenters. The Hall–Kier alpha value is -1.21. The van der Waals surface area contributed by atoms with Crippen molar-refractivity contribution >= 4 is 16.0 Å². The first kappa shape index (κ1) is 13.2. The molecule has 0 saturated heterocycles. The highest BCUT2D eigenvalue weighted by Gasteiger charge is 2.39. The van der Waals surface area contributed by atoms with Crippen LogP contribution in [0.3, 0.4) is 0 Å². The van der Waals surface area contributed by atoms with Crippen LogP contribution in [-0.4, -0.2) is 31.0 Å². The molecule has 1 aromatic heterocycles. The number of nitrogens with zero attached hydrogens (tertiary/aromatic N) is 2. The van der Waals surface area contributed by atoms with Crippen molar-refractivity contribution in [3.05, 3.63) is 12.4 Å². The van der Waals surface area contributed by atoms with Crippen LogP contribution in [0, 0.1) is 0 Å². The number of sulfonamides is 1. The van der Waals surface area contributed by atoms with E-state index in [4.69, 9.17) is 0 Å². The molecule has 6 nitrogen and oxygen atoms in total. The van der Waals surface area contributed by atoms with Crippen LogP contribution in [0.15, 0.2) is 17.3 Å². The van der Waals surface area contributed by atoms with Crippen molar-refractivity contribution in [2.45, 2.75) is 43.0 Å². The van der Waals surface area contributed by atoms with Crippen LogP contribution in [-0.2, 0) is 10.0 Å². The van der Waals surface area contributed by atoms with Crippen LogP contribution in [0.2, 0.25) is 0 Å². The predicted octanol–water partition coefficient (Wildman–Crippen LogP) is 1.13. The van der Waals surface area contributed by atoms with E-state index in [1.54, 1.807) is 7.05 Å². The molecule has 2 N–H and O–H groups in total. The Kier molecular flexibility index (Phi) is 3.54. The zero-order valence-electron chi connectivity index (χ0n) is 10.6. The summed E-state index contributed by atoms with van der Waals surface area (Å²) >= 11 is 0. The van der Waals surface area contributed by atoms with Crippen LogP contribution >= 0.6 is 0 Å². The Morgan fingerprint density at radius 2 is 1.94 bits per heavy atom. The molecule has 0 bridgehead atoms. The number of hydrogen-bond donors (Lipinski definition) is 2. The van der Waals surface area contributed by atoms with Gasteiger partial charge in [0.05, 0.1) is 12.4 Å². The van der Waals surface area contributed by atoms with Crippen molar-refractivity contribution in [1.29, 1.82) is 0 Å². The molecule has 0 aliphatic heterocycles. The van der Waals surface area contributed by atoms with Crippen molar-refractivity contribution in [1.82, 2.24) is 14.7 Å². The molecular formula is C11H18N4O2S. The average Bonchev–Trinajstić information content (AvgIpc) is 2.34. The monoisotopic (exact) mass is 270 g/mol. The van der Waals surface area contributed by atoms with Crippen LogP contribution in [0.5, 0.6) is 0 Å². The van der Waals surface area contributed by atoms with E-state index in [0.29, 0.717) is 5.95 Å². The second kappa shape index (κ2) is 4.81. The van der Waals surface area contributed by atoms with Gasteiger partial charge in [-0.3, -0.25) is 0 Å². The molecule has 1 fully saturated rings. The number of anilines is 1. The topological polar surface area (TPSA) is 84.0 Å². The molecule has 0 amide bonds. The van der Waals surface area contributed by atoms with E-state index in [9.17, 15) is 8.42 Å². The maximum Gasteiger partial charge on any atom is 0.244 e. The summed E-state index contributed by atoms with van der Waals surface area (Å²) in [5.74, 6) is 0.405. The van der Waals surface area contributed by atoms with Crippen LogP contribution in [0.25, 0.3) is 0 Å². The van der Waals surface area contributed by atoms with Gasteiger partial charge < -0.3 is 5.32 Å². The van der Waals surface area contributed by atoms with E-state index in [-0.39, 0.29) is 10.4 Å². The highest BCUT2D eigenvalue weighted by atomic mass is 32.2. The fourth-order valence-electron chi connectivity index (χ4n) is 2.06. The largest absolute Gasteiger partial charge is 0.357 e. The number of nitrogens with one attached hydrogen (secondary N) is 2. The number of rotatable bonds is 5. The van der Waals surface area contributed by atoms with E-state index >= 15 is 0 Å². The summed E-state index contributed by atoms with van der Waals surface area (Å²) in [6, 6.07) is 0. The van der Waals surface area contributed by atoms with E-state index in [2.05, 4.69) is 20.0 Å². The molecule has 18 heavy (non-hydrogen) atoms. The van der Waals surface area contributed by atoms with Gasteiger partial charge in [-0.2, -0.15) is 0 Å². The molecule has 1 aliphatic carbocycles. The third-order valence-electron chi connectivity index (χ3n) is 3.50. The maximum atomic E-state index is 12.2. The molecule has 1 aliphatic rings. The Bertz CT molecular complexity index is 503. The van der Waals surface area contributed by atoms with Gasteiger partial charge in [0.1, 0.15) is 4.90 Å². The minimum atomic E-state index is -3.52. The second-order valence-corrected chi connectivity index (χ2v) is 6.27. The Morgan fingerprint density at radius 3 is 2.33 bits per heavy atom. The molecule has 1 saturated carbocycles. The smallest absolute Gasteiger partial charge is 0.244 e. The summed E-state index contributed by atoms with van der Waals surface area (Å²) in [4.78, 5) is 7.96. The minimum absolute atomic E-state index is 0.112. The maximum absolute atomic E-state index is 12.2. The molecule has 1 aromatic rings. The van der Waals surface area contributed by atoms with Gasteiger partial charge >= 0.3 is 0 Å². The van der Waals surface area contributed by atoms with Crippen LogP contribution in [0.4, 0.5) is 5.95 Å². The van der Waals surface area contributed by atoms with E-state index < -0.39 is 10.0 Å². The molecule has 2 rings (SSSR count). The lowest BCUT2D eigenvalue weighted by molar-refractivity contribution is 0.214. The average molecular weight is 270 g/mol. The summed E-state index contributed by atoms with van der Waals surface area (Å²) in [7, 11) is -1.84. The Balaban J connectivity index is 2.19. The van der Waals surface area contributed by atoms with Crippen molar-refractivity contribution in [3.63, 3.8) is 0 Å². The fourth-order valence-corrected chi connectivity index (χ4v) is 3.48. The normalized spacial score (nSPS) is 18.1. The second-order valence-electron chi connectivity index (χ2n) is 4.59. The van der Waals surface area contributed by atoms with E-state index in [0.717, 1.165) is 25.7 Å². The Labute approximate surface area is 107 Å². The standard InChI is InChI=1S/C11H18N4O2S/c1-3-11(5-4-6-11)15-18(16,17)9-7-13-10(12-2)14-8-9/h7-8,15H,3-6H2,1-2H3,(H,12,13,14). The molecule has 7 heteroatoms. The van der Waals surface area contributed by atoms with Gasteiger partial charge in [0.2, 0.25) is 16.0 Å². The molecule has 1 heterocycles. The van der Waals surface area contributed by atoms with E-state index in [1.165, 1.54) is 12.4 Å². The first-order valence-electron chi connectivity index (χ1n) is 6.05. The molecular weight excluding hydrogens is 252 g/mol. The number of hydrogen-bond acceptors (Lipinski definition) is 5. The van der Waals surface area contributed by atoms with E-state index in [1.807, 2.05) is 6.92 Å². The third-order valence-corrected chi connectivity index (χ3v) is 5.03. The van der Waals surface area contributed by atoms with Crippen molar-refractivity contribution in [2.24, 2.45) is 0 Å². The summed E-state index contributed by atoms with van der Waals surface area (Å²) in [6.45, 7) is 2.00. The first-order valence-corrected chi connectivity index (χ1v) is 7.53. The molecule has 0 radical (unpaired) electrons. The zero-order valence-corrected chi connectivity index (χ0v) is 11.4. The molecule has 100 valence electrons. The van der Waals surface area contributed by atoms with Gasteiger partial charge in [-0.05, 0) is 25.7 Å². The predicted molar refractivity (Wildman–Crippen MR) is 68.8 cm³/mol. The lowest BCUT2D eigenvalue weighted by Crippen LogP contribution is -2.52. The Morgan fingerprint density at radius 1 is 1.33 bits per heavy atom. The molecule has 0 atom stereocenters. The highest BCUT2D eigenvalue weighted by molar-refractivity contribution is 7.89. The fraction of sp³-hybridized carbons (Fsp3) is 0.636. The van der Waals surface area contributed by atoms with Gasteiger partial charge in [0, 0.05) is 12.6 Å². The SMILES string of the molecule is CCC1(NS(=O)(=O)c2cnc(NC)nc2)CCC1. The lowest BCUT2D eigenvalue weighted by Gasteiger charge is -2.41. The summed E-state index contributed by atoms with van der Waals surface area (Å²) < 4.78 is 27.2. The summed E-state index contributed by atoms with van der Waals surface area (Å²) in [5, 5.41) is 2.75. The van der Waals surface area contributed by atoms with Gasteiger partial charge in [-0.25, -0.2) is 23.1 Å². The zero-order chi connectivity index (χ0) is 13.2. The van der Waals surface area contributed by atoms with Crippen LogP contribution in [0.1, 0.15) is 32.6 Å². The third kappa shape index (κ3) is 2.46. The quantitative estimate of drug-likeness (QED) is 0.838. The van der Waals surface area contributed by atoms with Gasteiger partial charge in [0.25, 0.3) is 0 Å². The van der Waals surface area contributed by atoms with Crippen LogP contribution < -0.4 is 10.0 Å². The first-order chi connectivity index (χ1) is 8.51. The lowest BCUT2D eigenvalue weighted by atomic mass is 9.76. The minimum Gasteiger partial charge on any atom is -0.357 e. The summed E-state index contributed by atoms with van der Waals surface area (Å²) in [6.07, 6.45) is 6.33. The van der Waals surface area contributed by atoms with Gasteiger partial charge in [-0.1, -0.05) is 6.92 Å². The highest BCUT2D eigenvalue weighted by Crippen LogP contribution is 2.35. The molecule has 0 aromatic carbocycles. The number of aromatic nitrogens is 2. The van der Waals surface area contributed by atoms with Crippen molar-refractivity contribution in [3.8, 4) is 0 Å². The van der Waals surface area contributed by atoms with Gasteiger partial charge in [-0.15, -0.1) is 0 Å². The molecule has 0 spiro atoms. The van der Waals surface area contributed by atoms with Gasteiger partial charge in [0.15, 0.2) is 0 Å².